The van der Waals surface area contributed by atoms with Gasteiger partial charge in [-0.3, -0.25) is 9.59 Å². The number of benzene rings is 1. The Labute approximate surface area is 133 Å². The molecule has 7 heteroatoms. The lowest BCUT2D eigenvalue weighted by molar-refractivity contribution is -0.119. The lowest BCUT2D eigenvalue weighted by atomic mass is 10.1. The number of carbonyl (C=O) groups excluding carboxylic acids is 2. The third kappa shape index (κ3) is 4.26. The summed E-state index contributed by atoms with van der Waals surface area (Å²) >= 11 is 0. The molecule has 7 nitrogen and oxygen atoms in total. The van der Waals surface area contributed by atoms with Gasteiger partial charge in [0.05, 0.1) is 12.7 Å². The zero-order valence-corrected chi connectivity index (χ0v) is 13.0. The smallest absolute Gasteiger partial charge is 0.255 e. The third-order valence-corrected chi connectivity index (χ3v) is 3.25. The zero-order chi connectivity index (χ0) is 16.8. The molecule has 1 aromatic heterocycles. The Morgan fingerprint density at radius 3 is 2.65 bits per heavy atom. The Hall–Kier alpha value is -2.96. The van der Waals surface area contributed by atoms with E-state index < -0.39 is 5.91 Å². The second-order valence-electron chi connectivity index (χ2n) is 4.97. The van der Waals surface area contributed by atoms with Crippen molar-refractivity contribution in [3.8, 4) is 11.5 Å². The normalized spacial score (nSPS) is 10.2. The summed E-state index contributed by atoms with van der Waals surface area (Å²) in [4.78, 5) is 25.7. The van der Waals surface area contributed by atoms with Crippen molar-refractivity contribution in [2.75, 3.05) is 13.7 Å². The highest BCUT2D eigenvalue weighted by Gasteiger charge is 2.11. The van der Waals surface area contributed by atoms with Gasteiger partial charge < -0.3 is 25.5 Å². The standard InChI is InChI=1S/C16H19N3O4/c1-10-6-18-8-12(10)16(21)19-7-11-3-4-13(14(5-11)22-2)23-9-15(17)20/h3-6,8,18H,7,9H2,1-2H3,(H2,17,20)(H,19,21). The van der Waals surface area contributed by atoms with Crippen LogP contribution in [0.4, 0.5) is 0 Å². The molecule has 0 bridgehead atoms. The summed E-state index contributed by atoms with van der Waals surface area (Å²) in [6.45, 7) is 1.98. The predicted octanol–water partition coefficient (Wildman–Crippen LogP) is 1.13. The number of nitrogens with one attached hydrogen (secondary N) is 2. The summed E-state index contributed by atoms with van der Waals surface area (Å²) in [7, 11) is 1.50. The first-order valence-corrected chi connectivity index (χ1v) is 7.01. The van der Waals surface area contributed by atoms with Gasteiger partial charge in [0.1, 0.15) is 0 Å². The van der Waals surface area contributed by atoms with Crippen molar-refractivity contribution < 1.29 is 19.1 Å². The SMILES string of the molecule is COc1cc(CNC(=O)c2c[nH]cc2C)ccc1OCC(N)=O. The van der Waals surface area contributed by atoms with Gasteiger partial charge in [0.2, 0.25) is 0 Å². The largest absolute Gasteiger partial charge is 0.493 e. The molecule has 0 saturated heterocycles. The summed E-state index contributed by atoms with van der Waals surface area (Å²) in [5.74, 6) is 0.167. The van der Waals surface area contributed by atoms with Crippen LogP contribution >= 0.6 is 0 Å². The molecule has 0 aliphatic rings. The van der Waals surface area contributed by atoms with E-state index in [9.17, 15) is 9.59 Å². The molecule has 0 aliphatic carbocycles. The number of primary amides is 1. The number of aromatic amines is 1. The molecule has 0 aliphatic heterocycles. The average Bonchev–Trinajstić information content (AvgIpc) is 2.97. The van der Waals surface area contributed by atoms with Crippen LogP contribution in [-0.2, 0) is 11.3 Å². The summed E-state index contributed by atoms with van der Waals surface area (Å²) in [6, 6.07) is 5.19. The minimum Gasteiger partial charge on any atom is -0.493 e. The first-order chi connectivity index (χ1) is 11.0. The molecule has 1 aromatic carbocycles. The van der Waals surface area contributed by atoms with Gasteiger partial charge >= 0.3 is 0 Å². The molecule has 0 spiro atoms. The van der Waals surface area contributed by atoms with Crippen LogP contribution in [0.3, 0.4) is 0 Å². The van der Waals surface area contributed by atoms with Crippen molar-refractivity contribution in [3.63, 3.8) is 0 Å². The van der Waals surface area contributed by atoms with Crippen LogP contribution in [0.15, 0.2) is 30.6 Å². The Bertz CT molecular complexity index is 709. The van der Waals surface area contributed by atoms with Gasteiger partial charge in [0, 0.05) is 18.9 Å². The zero-order valence-electron chi connectivity index (χ0n) is 13.0. The van der Waals surface area contributed by atoms with Gasteiger partial charge in [-0.1, -0.05) is 6.07 Å². The van der Waals surface area contributed by atoms with Gasteiger partial charge in [-0.05, 0) is 30.2 Å². The third-order valence-electron chi connectivity index (χ3n) is 3.25. The fourth-order valence-electron chi connectivity index (χ4n) is 2.05. The quantitative estimate of drug-likeness (QED) is 0.711. The molecule has 0 fully saturated rings. The number of ether oxygens (including phenoxy) is 2. The van der Waals surface area contributed by atoms with Crippen molar-refractivity contribution in [2.24, 2.45) is 5.73 Å². The van der Waals surface area contributed by atoms with Crippen LogP contribution in [0.1, 0.15) is 21.5 Å². The molecule has 2 amide bonds. The molecule has 122 valence electrons. The van der Waals surface area contributed by atoms with E-state index >= 15 is 0 Å². The maximum absolute atomic E-state index is 12.1. The lowest BCUT2D eigenvalue weighted by Gasteiger charge is -2.11. The number of aromatic nitrogens is 1. The van der Waals surface area contributed by atoms with E-state index in [1.807, 2.05) is 6.92 Å². The number of methoxy groups -OCH3 is 1. The first-order valence-electron chi connectivity index (χ1n) is 7.01. The van der Waals surface area contributed by atoms with E-state index in [2.05, 4.69) is 10.3 Å². The van der Waals surface area contributed by atoms with Gasteiger partial charge in [-0.25, -0.2) is 0 Å². The van der Waals surface area contributed by atoms with E-state index in [1.165, 1.54) is 7.11 Å². The van der Waals surface area contributed by atoms with E-state index in [4.69, 9.17) is 15.2 Å². The topological polar surface area (TPSA) is 106 Å². The highest BCUT2D eigenvalue weighted by atomic mass is 16.5. The first kappa shape index (κ1) is 16.4. The minimum atomic E-state index is -0.565. The minimum absolute atomic E-state index is 0.156. The van der Waals surface area contributed by atoms with Gasteiger partial charge in [-0.2, -0.15) is 0 Å². The fourth-order valence-corrected chi connectivity index (χ4v) is 2.05. The van der Waals surface area contributed by atoms with Crippen molar-refractivity contribution in [2.45, 2.75) is 13.5 Å². The number of hydrogen-bond donors (Lipinski definition) is 3. The summed E-state index contributed by atoms with van der Waals surface area (Å²) in [6.07, 6.45) is 3.43. The average molecular weight is 317 g/mol. The second kappa shape index (κ2) is 7.35. The van der Waals surface area contributed by atoms with Crippen molar-refractivity contribution in [1.29, 1.82) is 0 Å². The molecule has 0 unspecified atom stereocenters. The number of nitrogens with two attached hydrogens (primary N) is 1. The van der Waals surface area contributed by atoms with Crippen LogP contribution in [0.25, 0.3) is 0 Å². The molecule has 1 heterocycles. The molecule has 0 saturated carbocycles. The van der Waals surface area contributed by atoms with Crippen molar-refractivity contribution >= 4 is 11.8 Å². The van der Waals surface area contributed by atoms with Crippen molar-refractivity contribution in [3.05, 3.63) is 47.3 Å². The molecule has 4 N–H and O–H groups in total. The van der Waals surface area contributed by atoms with E-state index in [0.29, 0.717) is 23.6 Å². The summed E-state index contributed by atoms with van der Waals surface area (Å²) in [5.41, 5.74) is 7.38. The van der Waals surface area contributed by atoms with Gasteiger partial charge in [-0.15, -0.1) is 0 Å². The van der Waals surface area contributed by atoms with E-state index in [0.717, 1.165) is 11.1 Å². The van der Waals surface area contributed by atoms with E-state index in [-0.39, 0.29) is 12.5 Å². The Balaban J connectivity index is 2.02. The number of aryl methyl sites for hydroxylation is 1. The molecule has 0 radical (unpaired) electrons. The van der Waals surface area contributed by atoms with E-state index in [1.54, 1.807) is 30.6 Å². The second-order valence-corrected chi connectivity index (χ2v) is 4.97. The summed E-state index contributed by atoms with van der Waals surface area (Å²) < 4.78 is 10.5. The number of hydrogen-bond acceptors (Lipinski definition) is 4. The number of carbonyl (C=O) groups is 2. The highest BCUT2D eigenvalue weighted by Crippen LogP contribution is 2.28. The molecule has 2 aromatic rings. The molecule has 23 heavy (non-hydrogen) atoms. The summed E-state index contributed by atoms with van der Waals surface area (Å²) in [5, 5.41) is 2.83. The van der Waals surface area contributed by atoms with Crippen LogP contribution in [0, 0.1) is 6.92 Å². The maximum atomic E-state index is 12.1. The van der Waals surface area contributed by atoms with Crippen LogP contribution in [0.5, 0.6) is 11.5 Å². The van der Waals surface area contributed by atoms with Crippen LogP contribution in [0.2, 0.25) is 0 Å². The van der Waals surface area contributed by atoms with Crippen LogP contribution < -0.4 is 20.5 Å². The Morgan fingerprint density at radius 1 is 1.26 bits per heavy atom. The van der Waals surface area contributed by atoms with Crippen LogP contribution in [-0.4, -0.2) is 30.5 Å². The predicted molar refractivity (Wildman–Crippen MR) is 84.4 cm³/mol. The van der Waals surface area contributed by atoms with Gasteiger partial charge in [0.25, 0.3) is 11.8 Å². The molecular formula is C16H19N3O4. The Morgan fingerprint density at radius 2 is 2.04 bits per heavy atom. The lowest BCUT2D eigenvalue weighted by Crippen LogP contribution is -2.23. The van der Waals surface area contributed by atoms with Gasteiger partial charge in [0.15, 0.2) is 18.1 Å². The molecule has 0 atom stereocenters. The monoisotopic (exact) mass is 317 g/mol. The number of amides is 2. The molecule has 2 rings (SSSR count). The Kier molecular flexibility index (Phi) is 5.24. The molecular weight excluding hydrogens is 298 g/mol. The number of rotatable bonds is 7. The number of H-pyrrole nitrogens is 1. The highest BCUT2D eigenvalue weighted by molar-refractivity contribution is 5.95. The maximum Gasteiger partial charge on any atom is 0.255 e. The van der Waals surface area contributed by atoms with Crippen molar-refractivity contribution in [1.82, 2.24) is 10.3 Å². The fraction of sp³-hybridized carbons (Fsp3) is 0.250.